The number of benzene rings is 2. The van der Waals surface area contributed by atoms with Crippen LogP contribution >= 0.6 is 11.3 Å². The van der Waals surface area contributed by atoms with Gasteiger partial charge in [-0.05, 0) is 42.7 Å². The van der Waals surface area contributed by atoms with Crippen molar-refractivity contribution in [1.82, 2.24) is 4.98 Å². The number of carbonyl (C=O) groups excluding carboxylic acids is 1. The first-order valence-electron chi connectivity index (χ1n) is 10.2. The van der Waals surface area contributed by atoms with Crippen LogP contribution in [0.5, 0.6) is 5.75 Å². The fourth-order valence-electron chi connectivity index (χ4n) is 3.62. The number of hydrogen-bond donors (Lipinski definition) is 0. The van der Waals surface area contributed by atoms with Crippen molar-refractivity contribution in [3.8, 4) is 5.75 Å². The highest BCUT2D eigenvalue weighted by Crippen LogP contribution is 2.30. The summed E-state index contributed by atoms with van der Waals surface area (Å²) in [4.78, 5) is 19.0. The Morgan fingerprint density at radius 1 is 1.06 bits per heavy atom. The number of thiazole rings is 1. The van der Waals surface area contributed by atoms with Crippen LogP contribution in [0.3, 0.4) is 0 Å². The van der Waals surface area contributed by atoms with Crippen molar-refractivity contribution < 1.29 is 17.9 Å². The smallest absolute Gasteiger partial charge is 0.184 e. The van der Waals surface area contributed by atoms with E-state index in [1.54, 1.807) is 35.8 Å². The van der Waals surface area contributed by atoms with Crippen LogP contribution in [-0.2, 0) is 26.8 Å². The zero-order valence-electron chi connectivity index (χ0n) is 17.1. The molecule has 162 valence electrons. The Labute approximate surface area is 186 Å². The number of Topliss-reactive ketones (excluding diaryl/α,β-unsaturated/α-hetero) is 1. The van der Waals surface area contributed by atoms with E-state index < -0.39 is 9.84 Å². The third-order valence-electron chi connectivity index (χ3n) is 5.18. The minimum Gasteiger partial charge on any atom is -0.484 e. The number of sulfone groups is 1. The lowest BCUT2D eigenvalue weighted by molar-refractivity contribution is -0.120. The Kier molecular flexibility index (Phi) is 6.67. The number of carbonyl (C=O) groups is 1. The number of ketones is 1. The zero-order valence-corrected chi connectivity index (χ0v) is 18.7. The van der Waals surface area contributed by atoms with Gasteiger partial charge >= 0.3 is 0 Å². The molecule has 0 radical (unpaired) electrons. The SMILES string of the molecule is O=C(COc1ccccc1N1CCCC1)Cc1ccc(S(=O)(=O)Cc2nccs2)cc1. The maximum atomic E-state index is 12.5. The highest BCUT2D eigenvalue weighted by molar-refractivity contribution is 7.90. The van der Waals surface area contributed by atoms with Crippen molar-refractivity contribution in [2.75, 3.05) is 24.6 Å². The van der Waals surface area contributed by atoms with Gasteiger partial charge in [-0.2, -0.15) is 0 Å². The van der Waals surface area contributed by atoms with Crippen LogP contribution in [0.4, 0.5) is 5.69 Å². The van der Waals surface area contributed by atoms with Gasteiger partial charge in [0.2, 0.25) is 0 Å². The monoisotopic (exact) mass is 456 g/mol. The lowest BCUT2D eigenvalue weighted by Crippen LogP contribution is -2.20. The van der Waals surface area contributed by atoms with E-state index in [0.29, 0.717) is 5.01 Å². The molecule has 4 rings (SSSR count). The first kappa shape index (κ1) is 21.5. The van der Waals surface area contributed by atoms with Gasteiger partial charge in [0.15, 0.2) is 15.6 Å². The molecule has 0 bridgehead atoms. The summed E-state index contributed by atoms with van der Waals surface area (Å²) < 4.78 is 30.8. The van der Waals surface area contributed by atoms with Gasteiger partial charge in [0.1, 0.15) is 23.1 Å². The summed E-state index contributed by atoms with van der Waals surface area (Å²) in [5.41, 5.74) is 1.79. The summed E-state index contributed by atoms with van der Waals surface area (Å²) in [6.07, 6.45) is 4.13. The molecule has 1 fully saturated rings. The van der Waals surface area contributed by atoms with Gasteiger partial charge in [-0.25, -0.2) is 13.4 Å². The van der Waals surface area contributed by atoms with Crippen LogP contribution in [0.2, 0.25) is 0 Å². The van der Waals surface area contributed by atoms with Crippen LogP contribution in [0, 0.1) is 0 Å². The van der Waals surface area contributed by atoms with Crippen LogP contribution in [0.25, 0.3) is 0 Å². The highest BCUT2D eigenvalue weighted by Gasteiger charge is 2.18. The quantitative estimate of drug-likeness (QED) is 0.486. The van der Waals surface area contributed by atoms with E-state index in [0.717, 1.165) is 30.1 Å². The van der Waals surface area contributed by atoms with Crippen LogP contribution in [0.1, 0.15) is 23.4 Å². The van der Waals surface area contributed by atoms with Gasteiger partial charge in [0, 0.05) is 31.1 Å². The molecule has 6 nitrogen and oxygen atoms in total. The molecule has 1 aromatic heterocycles. The maximum Gasteiger partial charge on any atom is 0.184 e. The normalized spacial score (nSPS) is 14.0. The first-order chi connectivity index (χ1) is 15.0. The Balaban J connectivity index is 1.34. The second kappa shape index (κ2) is 9.62. The van der Waals surface area contributed by atoms with Crippen molar-refractivity contribution in [2.24, 2.45) is 0 Å². The molecule has 1 aliphatic heterocycles. The van der Waals surface area contributed by atoms with Crippen LogP contribution in [-0.4, -0.2) is 38.9 Å². The molecule has 2 heterocycles. The molecule has 0 unspecified atom stereocenters. The second-order valence-corrected chi connectivity index (χ2v) is 10.5. The van der Waals surface area contributed by atoms with Gasteiger partial charge in [0.05, 0.1) is 10.6 Å². The summed E-state index contributed by atoms with van der Waals surface area (Å²) in [5, 5.41) is 2.32. The predicted molar refractivity (Wildman–Crippen MR) is 122 cm³/mol. The average Bonchev–Trinajstić information content (AvgIpc) is 3.47. The van der Waals surface area contributed by atoms with E-state index in [4.69, 9.17) is 4.74 Å². The Bertz CT molecular complexity index is 1120. The summed E-state index contributed by atoms with van der Waals surface area (Å²) in [6, 6.07) is 14.3. The molecule has 2 aromatic carbocycles. The van der Waals surface area contributed by atoms with Crippen molar-refractivity contribution in [2.45, 2.75) is 29.9 Å². The fraction of sp³-hybridized carbons (Fsp3) is 0.304. The molecule has 0 atom stereocenters. The summed E-state index contributed by atoms with van der Waals surface area (Å²) in [5.74, 6) is 0.545. The number of para-hydroxylation sites is 2. The Morgan fingerprint density at radius 2 is 1.81 bits per heavy atom. The Hall–Kier alpha value is -2.71. The molecule has 1 saturated heterocycles. The maximum absolute atomic E-state index is 12.5. The first-order valence-corrected chi connectivity index (χ1v) is 12.7. The summed E-state index contributed by atoms with van der Waals surface area (Å²) >= 11 is 1.32. The van der Waals surface area contributed by atoms with Crippen molar-refractivity contribution >= 4 is 32.6 Å². The highest BCUT2D eigenvalue weighted by atomic mass is 32.2. The molecular formula is C23H24N2O4S2. The molecule has 3 aromatic rings. The van der Waals surface area contributed by atoms with E-state index in [9.17, 15) is 13.2 Å². The number of rotatable bonds is 9. The topological polar surface area (TPSA) is 76.6 Å². The minimum absolute atomic E-state index is 0.0189. The third kappa shape index (κ3) is 5.51. The molecule has 31 heavy (non-hydrogen) atoms. The number of hydrogen-bond acceptors (Lipinski definition) is 7. The van der Waals surface area contributed by atoms with Crippen molar-refractivity contribution in [3.63, 3.8) is 0 Å². The van der Waals surface area contributed by atoms with Gasteiger partial charge < -0.3 is 9.64 Å². The molecular weight excluding hydrogens is 432 g/mol. The van der Waals surface area contributed by atoms with Gasteiger partial charge in [-0.15, -0.1) is 11.3 Å². The van der Waals surface area contributed by atoms with E-state index >= 15 is 0 Å². The molecule has 0 spiro atoms. The van der Waals surface area contributed by atoms with Gasteiger partial charge in [-0.1, -0.05) is 24.3 Å². The summed E-state index contributed by atoms with van der Waals surface area (Å²) in [7, 11) is -3.45. The molecule has 0 aliphatic carbocycles. The van der Waals surface area contributed by atoms with E-state index in [1.807, 2.05) is 24.3 Å². The summed E-state index contributed by atoms with van der Waals surface area (Å²) in [6.45, 7) is 1.99. The fourth-order valence-corrected chi connectivity index (χ4v) is 5.88. The van der Waals surface area contributed by atoms with E-state index in [1.165, 1.54) is 24.2 Å². The minimum atomic E-state index is -3.45. The zero-order chi connectivity index (χ0) is 21.7. The number of aromatic nitrogens is 1. The van der Waals surface area contributed by atoms with Crippen molar-refractivity contribution in [3.05, 3.63) is 70.7 Å². The third-order valence-corrected chi connectivity index (χ3v) is 7.79. The van der Waals surface area contributed by atoms with Crippen LogP contribution in [0.15, 0.2) is 65.0 Å². The van der Waals surface area contributed by atoms with E-state index in [-0.39, 0.29) is 29.5 Å². The molecule has 0 saturated carbocycles. The molecule has 8 heteroatoms. The largest absolute Gasteiger partial charge is 0.484 e. The number of nitrogens with zero attached hydrogens (tertiary/aromatic N) is 2. The molecule has 0 N–H and O–H groups in total. The molecule has 1 aliphatic rings. The number of ether oxygens (including phenoxy) is 1. The average molecular weight is 457 g/mol. The molecule has 0 amide bonds. The van der Waals surface area contributed by atoms with Gasteiger partial charge in [0.25, 0.3) is 0 Å². The Morgan fingerprint density at radius 3 is 2.52 bits per heavy atom. The second-order valence-electron chi connectivity index (χ2n) is 7.49. The predicted octanol–water partition coefficient (Wildman–Crippen LogP) is 3.91. The van der Waals surface area contributed by atoms with Crippen LogP contribution < -0.4 is 9.64 Å². The lowest BCUT2D eigenvalue weighted by atomic mass is 10.1. The number of anilines is 1. The van der Waals surface area contributed by atoms with Gasteiger partial charge in [-0.3, -0.25) is 4.79 Å². The van der Waals surface area contributed by atoms with E-state index in [2.05, 4.69) is 9.88 Å². The van der Waals surface area contributed by atoms with Crippen molar-refractivity contribution in [1.29, 1.82) is 0 Å². The lowest BCUT2D eigenvalue weighted by Gasteiger charge is -2.21. The standard InChI is InChI=1S/C23H24N2O4S2/c26-19(16-29-22-6-2-1-5-21(22)25-12-3-4-13-25)15-18-7-9-20(10-8-18)31(27,28)17-23-24-11-14-30-23/h1-2,5-11,14H,3-4,12-13,15-17H2.